The summed E-state index contributed by atoms with van der Waals surface area (Å²) in [4.78, 5) is 22.4. The van der Waals surface area contributed by atoms with Crippen molar-refractivity contribution in [2.24, 2.45) is 0 Å². The topological polar surface area (TPSA) is 84.0 Å². The molecule has 0 aliphatic carbocycles. The van der Waals surface area contributed by atoms with Gasteiger partial charge in [-0.05, 0) is 31.1 Å². The number of hydrogen-bond donors (Lipinski definition) is 0. The van der Waals surface area contributed by atoms with Gasteiger partial charge in [0, 0.05) is 12.5 Å². The molecule has 22 heavy (non-hydrogen) atoms. The second-order valence-corrected chi connectivity index (χ2v) is 4.66. The highest BCUT2D eigenvalue weighted by molar-refractivity contribution is 5.99. The second-order valence-electron chi connectivity index (χ2n) is 4.66. The van der Waals surface area contributed by atoms with Gasteiger partial charge in [-0.2, -0.15) is 5.26 Å². The Morgan fingerprint density at radius 2 is 2.14 bits per heavy atom. The molecule has 1 rings (SSSR count). The summed E-state index contributed by atoms with van der Waals surface area (Å²) in [6.45, 7) is 5.32. The highest BCUT2D eigenvalue weighted by Crippen LogP contribution is 2.29. The maximum Gasteiger partial charge on any atom is 0.280 e. The van der Waals surface area contributed by atoms with Crippen LogP contribution >= 0.6 is 0 Å². The van der Waals surface area contributed by atoms with E-state index in [0.29, 0.717) is 5.56 Å². The largest absolute Gasteiger partial charge is 0.294 e. The summed E-state index contributed by atoms with van der Waals surface area (Å²) < 4.78 is 0. The first-order chi connectivity index (χ1) is 10.5. The van der Waals surface area contributed by atoms with E-state index in [0.717, 1.165) is 5.57 Å². The summed E-state index contributed by atoms with van der Waals surface area (Å²) in [5, 5.41) is 20.5. The number of hydrogen-bond acceptors (Lipinski definition) is 4. The first-order valence-electron chi connectivity index (χ1n) is 7.00. The molecule has 5 nitrogen and oxygen atoms in total. The zero-order valence-corrected chi connectivity index (χ0v) is 12.9. The zero-order valence-electron chi connectivity index (χ0n) is 12.9. The van der Waals surface area contributed by atoms with Crippen LogP contribution < -0.4 is 0 Å². The van der Waals surface area contributed by atoms with Crippen LogP contribution in [0.15, 0.2) is 42.0 Å². The number of ketones is 1. The van der Waals surface area contributed by atoms with Crippen LogP contribution in [0, 0.1) is 21.4 Å². The molecule has 1 atom stereocenters. The summed E-state index contributed by atoms with van der Waals surface area (Å²) in [5.74, 6) is -0.872. The van der Waals surface area contributed by atoms with Gasteiger partial charge < -0.3 is 0 Å². The highest BCUT2D eigenvalue weighted by atomic mass is 16.6. The molecule has 0 aliphatic rings. The first kappa shape index (κ1) is 17.3. The van der Waals surface area contributed by atoms with E-state index in [1.165, 1.54) is 18.2 Å². The number of rotatable bonds is 6. The molecule has 0 fully saturated rings. The van der Waals surface area contributed by atoms with Crippen LogP contribution in [0.4, 0.5) is 5.69 Å². The molecule has 0 aliphatic heterocycles. The molecule has 0 radical (unpaired) electrons. The number of Topliss-reactive ketones (excluding diaryl/α,β-unsaturated/α-hetero) is 1. The van der Waals surface area contributed by atoms with E-state index in [1.807, 2.05) is 32.1 Å². The lowest BCUT2D eigenvalue weighted by Crippen LogP contribution is -2.06. The Hall–Kier alpha value is -2.74. The van der Waals surface area contributed by atoms with Crippen LogP contribution in [0.2, 0.25) is 0 Å². The number of allylic oxidation sites excluding steroid dienone is 4. The van der Waals surface area contributed by atoms with E-state index in [4.69, 9.17) is 0 Å². The first-order valence-corrected chi connectivity index (χ1v) is 7.00. The smallest absolute Gasteiger partial charge is 0.280 e. The van der Waals surface area contributed by atoms with Gasteiger partial charge in [0.25, 0.3) is 5.69 Å². The third kappa shape index (κ3) is 3.67. The molecule has 0 bridgehead atoms. The van der Waals surface area contributed by atoms with Crippen molar-refractivity contribution in [2.75, 3.05) is 0 Å². The van der Waals surface area contributed by atoms with Gasteiger partial charge in [0.15, 0.2) is 5.78 Å². The molecule has 0 amide bonds. The fourth-order valence-corrected chi connectivity index (χ4v) is 2.20. The van der Waals surface area contributed by atoms with Gasteiger partial charge in [-0.25, -0.2) is 0 Å². The van der Waals surface area contributed by atoms with E-state index < -0.39 is 10.8 Å². The number of carbonyl (C=O) groups excluding carboxylic acids is 1. The van der Waals surface area contributed by atoms with Crippen molar-refractivity contribution in [2.45, 2.75) is 33.1 Å². The lowest BCUT2D eigenvalue weighted by atomic mass is 9.89. The van der Waals surface area contributed by atoms with E-state index in [-0.39, 0.29) is 23.5 Å². The van der Waals surface area contributed by atoms with Gasteiger partial charge in [0.05, 0.1) is 22.5 Å². The van der Waals surface area contributed by atoms with Crippen molar-refractivity contribution < 1.29 is 9.72 Å². The molecule has 0 N–H and O–H groups in total. The highest BCUT2D eigenvalue weighted by Gasteiger charge is 2.22. The van der Waals surface area contributed by atoms with Crippen molar-refractivity contribution in [3.8, 4) is 6.07 Å². The van der Waals surface area contributed by atoms with E-state index in [2.05, 4.69) is 6.07 Å². The molecule has 0 saturated heterocycles. The zero-order chi connectivity index (χ0) is 16.7. The van der Waals surface area contributed by atoms with Gasteiger partial charge in [0.1, 0.15) is 0 Å². The SMILES string of the molecule is C/C=C\C(=C/C)C(C#N)c1ccc([N+](=O)[O-])c(C(=O)CC)c1. The van der Waals surface area contributed by atoms with Crippen LogP contribution in [0.3, 0.4) is 0 Å². The lowest BCUT2D eigenvalue weighted by Gasteiger charge is -2.12. The van der Waals surface area contributed by atoms with Gasteiger partial charge in [0.2, 0.25) is 0 Å². The average molecular weight is 298 g/mol. The van der Waals surface area contributed by atoms with E-state index in [1.54, 1.807) is 6.92 Å². The van der Waals surface area contributed by atoms with E-state index in [9.17, 15) is 20.2 Å². The quantitative estimate of drug-likeness (QED) is 0.339. The molecule has 1 unspecified atom stereocenters. The van der Waals surface area contributed by atoms with Crippen LogP contribution in [0.1, 0.15) is 49.0 Å². The number of nitro benzene ring substituents is 1. The summed E-state index contributed by atoms with van der Waals surface area (Å²) >= 11 is 0. The summed E-state index contributed by atoms with van der Waals surface area (Å²) in [5.41, 5.74) is 1.20. The molecule has 0 saturated carbocycles. The number of nitrogens with zero attached hydrogens (tertiary/aromatic N) is 2. The molecule has 1 aromatic carbocycles. The minimum atomic E-state index is -0.573. The Balaban J connectivity index is 3.46. The Labute approximate surface area is 129 Å². The van der Waals surface area contributed by atoms with Crippen molar-refractivity contribution in [3.63, 3.8) is 0 Å². The third-order valence-corrected chi connectivity index (χ3v) is 3.33. The molecule has 0 aromatic heterocycles. The standard InChI is InChI=1S/C17H18N2O3/c1-4-7-12(5-2)15(11-18)13-8-9-16(19(21)22)14(10-13)17(20)6-3/h4-5,7-10,15H,6H2,1-3H3/b7-4-,12-5+. The van der Waals surface area contributed by atoms with Crippen molar-refractivity contribution in [3.05, 3.63) is 63.2 Å². The fraction of sp³-hybridized carbons (Fsp3) is 0.294. The maximum absolute atomic E-state index is 12.0. The predicted octanol–water partition coefficient (Wildman–Crippen LogP) is 4.32. The van der Waals surface area contributed by atoms with E-state index >= 15 is 0 Å². The predicted molar refractivity (Wildman–Crippen MR) is 84.6 cm³/mol. The van der Waals surface area contributed by atoms with Crippen molar-refractivity contribution in [1.29, 1.82) is 5.26 Å². The van der Waals surface area contributed by atoms with Crippen LogP contribution in [0.5, 0.6) is 0 Å². The molecule has 0 heterocycles. The molecule has 0 spiro atoms. The summed E-state index contributed by atoms with van der Waals surface area (Å²) in [6.07, 6.45) is 5.63. The maximum atomic E-state index is 12.0. The van der Waals surface area contributed by atoms with Crippen molar-refractivity contribution in [1.82, 2.24) is 0 Å². The number of nitro groups is 1. The third-order valence-electron chi connectivity index (χ3n) is 3.33. The molecule has 5 heteroatoms. The number of benzene rings is 1. The number of carbonyl (C=O) groups is 1. The van der Waals surface area contributed by atoms with Crippen molar-refractivity contribution >= 4 is 11.5 Å². The monoisotopic (exact) mass is 298 g/mol. The molecule has 1 aromatic rings. The Morgan fingerprint density at radius 3 is 2.59 bits per heavy atom. The average Bonchev–Trinajstić information content (AvgIpc) is 2.53. The number of nitriles is 1. The molecule has 114 valence electrons. The van der Waals surface area contributed by atoms with Crippen LogP contribution in [-0.2, 0) is 0 Å². The lowest BCUT2D eigenvalue weighted by molar-refractivity contribution is -0.385. The molecular weight excluding hydrogens is 280 g/mol. The summed E-state index contributed by atoms with van der Waals surface area (Å²) in [6, 6.07) is 6.48. The van der Waals surface area contributed by atoms with Crippen LogP contribution in [0.25, 0.3) is 0 Å². The van der Waals surface area contributed by atoms with Gasteiger partial charge in [-0.3, -0.25) is 14.9 Å². The minimum absolute atomic E-state index is 0.0566. The summed E-state index contributed by atoms with van der Waals surface area (Å²) in [7, 11) is 0. The van der Waals surface area contributed by atoms with Gasteiger partial charge >= 0.3 is 0 Å². The molecular formula is C17H18N2O3. The normalized spacial score (nSPS) is 12.9. The minimum Gasteiger partial charge on any atom is -0.294 e. The van der Waals surface area contributed by atoms with Gasteiger partial charge in [-0.1, -0.05) is 31.2 Å². The Morgan fingerprint density at radius 1 is 1.45 bits per heavy atom. The van der Waals surface area contributed by atoms with Crippen LogP contribution in [-0.4, -0.2) is 10.7 Å². The second kappa shape index (κ2) is 7.89. The van der Waals surface area contributed by atoms with Gasteiger partial charge in [-0.15, -0.1) is 0 Å². The Bertz CT molecular complexity index is 682. The fourth-order valence-electron chi connectivity index (χ4n) is 2.20. The Kier molecular flexibility index (Phi) is 6.21.